The van der Waals surface area contributed by atoms with Gasteiger partial charge in [0.25, 0.3) is 0 Å². The van der Waals surface area contributed by atoms with Gasteiger partial charge in [0, 0.05) is 18.1 Å². The summed E-state index contributed by atoms with van der Waals surface area (Å²) in [5, 5.41) is 0.347. The van der Waals surface area contributed by atoms with E-state index < -0.39 is 18.8 Å². The Bertz CT molecular complexity index is 766. The van der Waals surface area contributed by atoms with E-state index in [9.17, 15) is 18.0 Å². The summed E-state index contributed by atoms with van der Waals surface area (Å²) in [6, 6.07) is 3.27. The highest BCUT2D eigenvalue weighted by Gasteiger charge is 2.32. The van der Waals surface area contributed by atoms with Crippen LogP contribution >= 0.6 is 0 Å². The van der Waals surface area contributed by atoms with Gasteiger partial charge in [0.1, 0.15) is 0 Å². The first-order chi connectivity index (χ1) is 11.2. The van der Waals surface area contributed by atoms with Crippen molar-refractivity contribution in [2.75, 3.05) is 18.9 Å². The maximum absolute atomic E-state index is 12.6. The fraction of sp³-hybridized carbons (Fsp3) is 0.438. The molecule has 0 aliphatic heterocycles. The van der Waals surface area contributed by atoms with Crippen LogP contribution in [0, 0.1) is 0 Å². The summed E-state index contributed by atoms with van der Waals surface area (Å²) < 4.78 is 49.0. The first-order valence-corrected chi connectivity index (χ1v) is 7.47. The van der Waals surface area contributed by atoms with Gasteiger partial charge in [-0.2, -0.15) is 13.2 Å². The molecule has 0 amide bonds. The van der Waals surface area contributed by atoms with Gasteiger partial charge in [0.05, 0.1) is 12.1 Å². The number of anilines is 1. The quantitative estimate of drug-likeness (QED) is 0.666. The molecule has 1 aromatic heterocycles. The molecular formula is C16H19F3N2O3. The van der Waals surface area contributed by atoms with Gasteiger partial charge in [0.2, 0.25) is 0 Å². The number of carbonyl (C=O) groups excluding carboxylic acids is 1. The number of hydrogen-bond donors (Lipinski definition) is 1. The van der Waals surface area contributed by atoms with Crippen molar-refractivity contribution in [3.05, 3.63) is 23.4 Å². The number of ether oxygens (including phenoxy) is 2. The van der Waals surface area contributed by atoms with Gasteiger partial charge in [-0.25, -0.2) is 4.79 Å². The van der Waals surface area contributed by atoms with Crippen LogP contribution in [-0.4, -0.2) is 29.9 Å². The van der Waals surface area contributed by atoms with E-state index in [1.807, 2.05) is 6.92 Å². The first-order valence-electron chi connectivity index (χ1n) is 7.47. The van der Waals surface area contributed by atoms with Crippen LogP contribution in [0.2, 0.25) is 0 Å². The third-order valence-electron chi connectivity index (χ3n) is 3.64. The number of aryl methyl sites for hydroxylation is 2. The summed E-state index contributed by atoms with van der Waals surface area (Å²) in [5.41, 5.74) is 7.70. The molecule has 2 N–H and O–H groups in total. The Morgan fingerprint density at radius 3 is 2.50 bits per heavy atom. The zero-order valence-corrected chi connectivity index (χ0v) is 13.7. The van der Waals surface area contributed by atoms with Crippen molar-refractivity contribution < 1.29 is 27.4 Å². The van der Waals surface area contributed by atoms with Gasteiger partial charge in [-0.15, -0.1) is 0 Å². The molecule has 1 aromatic carbocycles. The molecule has 132 valence electrons. The molecule has 0 unspecified atom stereocenters. The number of alkyl halides is 3. The summed E-state index contributed by atoms with van der Waals surface area (Å²) in [6.45, 7) is 2.12. The molecule has 0 bridgehead atoms. The number of nitrogens with zero attached hydrogens (tertiary/aromatic N) is 1. The van der Waals surface area contributed by atoms with Crippen molar-refractivity contribution in [1.29, 1.82) is 0 Å². The van der Waals surface area contributed by atoms with Crippen molar-refractivity contribution in [3.8, 4) is 5.75 Å². The van der Waals surface area contributed by atoms with Crippen LogP contribution in [0.15, 0.2) is 12.1 Å². The molecule has 2 rings (SSSR count). The van der Waals surface area contributed by atoms with Gasteiger partial charge >= 0.3 is 12.1 Å². The SMILES string of the molecule is CCOC(=O)c1c(OCC(F)(F)F)c2cc(N)c(CC)cc2n1C. The number of rotatable bonds is 5. The fourth-order valence-corrected chi connectivity index (χ4v) is 2.54. The van der Waals surface area contributed by atoms with Gasteiger partial charge < -0.3 is 19.8 Å². The third kappa shape index (κ3) is 3.42. The van der Waals surface area contributed by atoms with E-state index in [4.69, 9.17) is 15.2 Å². The maximum atomic E-state index is 12.6. The zero-order valence-electron chi connectivity index (χ0n) is 13.7. The lowest BCUT2D eigenvalue weighted by Gasteiger charge is -2.11. The van der Waals surface area contributed by atoms with Crippen molar-refractivity contribution in [2.24, 2.45) is 7.05 Å². The number of aromatic nitrogens is 1. The number of benzene rings is 1. The average molecular weight is 344 g/mol. The van der Waals surface area contributed by atoms with Crippen LogP contribution in [0.5, 0.6) is 5.75 Å². The lowest BCUT2D eigenvalue weighted by atomic mass is 10.1. The van der Waals surface area contributed by atoms with E-state index in [1.54, 1.807) is 20.0 Å². The van der Waals surface area contributed by atoms with E-state index in [0.29, 0.717) is 23.0 Å². The van der Waals surface area contributed by atoms with Crippen LogP contribution in [-0.2, 0) is 18.2 Å². The summed E-state index contributed by atoms with van der Waals surface area (Å²) in [6.07, 6.45) is -3.87. The molecule has 24 heavy (non-hydrogen) atoms. The summed E-state index contributed by atoms with van der Waals surface area (Å²) in [7, 11) is 1.57. The molecule has 0 saturated heterocycles. The smallest absolute Gasteiger partial charge is 0.422 e. The van der Waals surface area contributed by atoms with Crippen LogP contribution < -0.4 is 10.5 Å². The molecule has 0 atom stereocenters. The van der Waals surface area contributed by atoms with Gasteiger partial charge in [0.15, 0.2) is 18.1 Å². The van der Waals surface area contributed by atoms with E-state index in [2.05, 4.69) is 0 Å². The lowest BCUT2D eigenvalue weighted by molar-refractivity contribution is -0.153. The van der Waals surface area contributed by atoms with E-state index in [-0.39, 0.29) is 18.1 Å². The molecule has 0 aliphatic carbocycles. The highest BCUT2D eigenvalue weighted by Crippen LogP contribution is 2.37. The second kappa shape index (κ2) is 6.62. The van der Waals surface area contributed by atoms with Gasteiger partial charge in [-0.1, -0.05) is 6.92 Å². The van der Waals surface area contributed by atoms with Gasteiger partial charge in [-0.3, -0.25) is 0 Å². The number of esters is 1. The number of hydrogen-bond acceptors (Lipinski definition) is 4. The number of halogens is 3. The Morgan fingerprint density at radius 2 is 1.96 bits per heavy atom. The van der Waals surface area contributed by atoms with E-state index in [1.165, 1.54) is 10.6 Å². The predicted octanol–water partition coefficient (Wildman–Crippen LogP) is 3.44. The summed E-state index contributed by atoms with van der Waals surface area (Å²) in [5.74, 6) is -0.914. The van der Waals surface area contributed by atoms with Crippen LogP contribution in [0.1, 0.15) is 29.9 Å². The minimum absolute atomic E-state index is 0.0660. The van der Waals surface area contributed by atoms with E-state index >= 15 is 0 Å². The third-order valence-corrected chi connectivity index (χ3v) is 3.64. The molecule has 2 aromatic rings. The Hall–Kier alpha value is -2.38. The van der Waals surface area contributed by atoms with Crippen LogP contribution in [0.25, 0.3) is 10.9 Å². The number of fused-ring (bicyclic) bond motifs is 1. The molecule has 0 radical (unpaired) electrons. The number of carbonyl (C=O) groups is 1. The number of nitrogen functional groups attached to an aromatic ring is 1. The minimum atomic E-state index is -4.52. The first kappa shape index (κ1) is 18.0. The lowest BCUT2D eigenvalue weighted by Crippen LogP contribution is -2.20. The van der Waals surface area contributed by atoms with Crippen molar-refractivity contribution in [3.63, 3.8) is 0 Å². The second-order valence-electron chi connectivity index (χ2n) is 5.28. The molecule has 8 heteroatoms. The van der Waals surface area contributed by atoms with Crippen LogP contribution in [0.3, 0.4) is 0 Å². The standard InChI is InChI=1S/C16H19F3N2O3/c1-4-9-6-12-10(7-11(9)20)14(24-8-16(17,18)19)13(21(12)3)15(22)23-5-2/h6-7H,4-5,8,20H2,1-3H3. The van der Waals surface area contributed by atoms with Crippen molar-refractivity contribution in [1.82, 2.24) is 4.57 Å². The highest BCUT2D eigenvalue weighted by atomic mass is 19.4. The Balaban J connectivity index is 2.67. The Labute approximate surface area is 137 Å². The predicted molar refractivity (Wildman–Crippen MR) is 84.2 cm³/mol. The monoisotopic (exact) mass is 344 g/mol. The summed E-state index contributed by atoms with van der Waals surface area (Å²) in [4.78, 5) is 12.2. The van der Waals surface area contributed by atoms with Crippen molar-refractivity contribution in [2.45, 2.75) is 26.4 Å². The highest BCUT2D eigenvalue weighted by molar-refractivity contribution is 6.03. The molecule has 0 spiro atoms. The fourth-order valence-electron chi connectivity index (χ4n) is 2.54. The van der Waals surface area contributed by atoms with Crippen molar-refractivity contribution >= 4 is 22.6 Å². The molecule has 0 aliphatic rings. The molecule has 0 fully saturated rings. The van der Waals surface area contributed by atoms with Gasteiger partial charge in [-0.05, 0) is 31.0 Å². The normalized spacial score (nSPS) is 11.8. The second-order valence-corrected chi connectivity index (χ2v) is 5.28. The Kier molecular flexibility index (Phi) is 4.96. The zero-order chi connectivity index (χ0) is 18.1. The minimum Gasteiger partial charge on any atom is -0.481 e. The maximum Gasteiger partial charge on any atom is 0.422 e. The van der Waals surface area contributed by atoms with E-state index in [0.717, 1.165) is 5.56 Å². The molecule has 5 nitrogen and oxygen atoms in total. The molecular weight excluding hydrogens is 325 g/mol. The van der Waals surface area contributed by atoms with Crippen LogP contribution in [0.4, 0.5) is 18.9 Å². The largest absolute Gasteiger partial charge is 0.481 e. The Morgan fingerprint density at radius 1 is 1.29 bits per heavy atom. The molecule has 1 heterocycles. The summed E-state index contributed by atoms with van der Waals surface area (Å²) >= 11 is 0. The molecule has 0 saturated carbocycles. The topological polar surface area (TPSA) is 66.5 Å². The number of nitrogens with two attached hydrogens (primary N) is 1. The average Bonchev–Trinajstić information content (AvgIpc) is 2.75.